The van der Waals surface area contributed by atoms with Crippen LogP contribution in [-0.4, -0.2) is 49.7 Å². The first kappa shape index (κ1) is 18.5. The molecule has 0 unspecified atom stereocenters. The van der Waals surface area contributed by atoms with Crippen LogP contribution in [0.3, 0.4) is 0 Å². The highest BCUT2D eigenvalue weighted by molar-refractivity contribution is 7.89. The number of carbonyl (C=O) groups is 1. The zero-order valence-corrected chi connectivity index (χ0v) is 15.6. The summed E-state index contributed by atoms with van der Waals surface area (Å²) >= 11 is 0. The second-order valence-electron chi connectivity index (χ2n) is 6.47. The Balaban J connectivity index is 1.72. The fourth-order valence-corrected chi connectivity index (χ4v) is 4.76. The van der Waals surface area contributed by atoms with Gasteiger partial charge >= 0.3 is 0 Å². The largest absolute Gasteiger partial charge is 0.336 e. The average molecular weight is 376 g/mol. The SMILES string of the molecule is Cc1ccc(C)c(S(=O)(=O)N2CCN(C(=O)c3ccc(F)cc3)CC2)c1. The zero-order chi connectivity index (χ0) is 18.9. The van der Waals surface area contributed by atoms with Crippen LogP contribution in [-0.2, 0) is 10.0 Å². The van der Waals surface area contributed by atoms with Crippen molar-refractivity contribution in [2.45, 2.75) is 18.7 Å². The normalized spacial score (nSPS) is 15.9. The number of hydrogen-bond donors (Lipinski definition) is 0. The second kappa shape index (κ2) is 7.17. The molecule has 26 heavy (non-hydrogen) atoms. The molecule has 0 spiro atoms. The summed E-state index contributed by atoms with van der Waals surface area (Å²) in [5.74, 6) is -0.611. The van der Waals surface area contributed by atoms with E-state index in [2.05, 4.69) is 0 Å². The van der Waals surface area contributed by atoms with Crippen molar-refractivity contribution in [3.05, 3.63) is 65.0 Å². The third-order valence-electron chi connectivity index (χ3n) is 4.58. The fraction of sp³-hybridized carbons (Fsp3) is 0.316. The topological polar surface area (TPSA) is 57.7 Å². The molecule has 0 N–H and O–H groups in total. The van der Waals surface area contributed by atoms with Gasteiger partial charge in [0.15, 0.2) is 0 Å². The monoisotopic (exact) mass is 376 g/mol. The van der Waals surface area contributed by atoms with Gasteiger partial charge in [-0.15, -0.1) is 0 Å². The lowest BCUT2D eigenvalue weighted by Gasteiger charge is -2.34. The number of rotatable bonds is 3. The van der Waals surface area contributed by atoms with Crippen molar-refractivity contribution in [2.24, 2.45) is 0 Å². The molecule has 1 aliphatic heterocycles. The number of amides is 1. The van der Waals surface area contributed by atoms with Gasteiger partial charge in [0.2, 0.25) is 10.0 Å². The van der Waals surface area contributed by atoms with Crippen molar-refractivity contribution in [1.82, 2.24) is 9.21 Å². The predicted molar refractivity (Wildman–Crippen MR) is 97.0 cm³/mol. The van der Waals surface area contributed by atoms with Crippen molar-refractivity contribution < 1.29 is 17.6 Å². The van der Waals surface area contributed by atoms with Gasteiger partial charge in [-0.2, -0.15) is 4.31 Å². The lowest BCUT2D eigenvalue weighted by molar-refractivity contribution is 0.0698. The Morgan fingerprint density at radius 1 is 0.962 bits per heavy atom. The number of aryl methyl sites for hydroxylation is 2. The number of sulfonamides is 1. The van der Waals surface area contributed by atoms with E-state index < -0.39 is 15.8 Å². The van der Waals surface area contributed by atoms with E-state index in [0.717, 1.165) is 5.56 Å². The van der Waals surface area contributed by atoms with Gasteiger partial charge in [0.1, 0.15) is 5.82 Å². The predicted octanol–water partition coefficient (Wildman–Crippen LogP) is 2.59. The molecule has 3 rings (SSSR count). The van der Waals surface area contributed by atoms with Crippen LogP contribution >= 0.6 is 0 Å². The Kier molecular flexibility index (Phi) is 5.11. The Labute approximate surface area is 153 Å². The van der Waals surface area contributed by atoms with E-state index in [0.29, 0.717) is 29.1 Å². The minimum atomic E-state index is -3.59. The Morgan fingerprint density at radius 3 is 2.19 bits per heavy atom. The summed E-state index contributed by atoms with van der Waals surface area (Å²) in [6, 6.07) is 10.7. The summed E-state index contributed by atoms with van der Waals surface area (Å²) in [7, 11) is -3.59. The zero-order valence-electron chi connectivity index (χ0n) is 14.8. The Hall–Kier alpha value is -2.25. The molecule has 1 saturated heterocycles. The first-order valence-corrected chi connectivity index (χ1v) is 9.85. The molecule has 0 aromatic heterocycles. The highest BCUT2D eigenvalue weighted by atomic mass is 32.2. The van der Waals surface area contributed by atoms with Crippen LogP contribution in [0.1, 0.15) is 21.5 Å². The summed E-state index contributed by atoms with van der Waals surface area (Å²) in [5.41, 5.74) is 2.00. The maximum absolute atomic E-state index is 13.0. The van der Waals surface area contributed by atoms with Crippen molar-refractivity contribution >= 4 is 15.9 Å². The number of hydrogen-bond acceptors (Lipinski definition) is 3. The van der Waals surface area contributed by atoms with E-state index in [1.54, 1.807) is 24.0 Å². The van der Waals surface area contributed by atoms with Gasteiger partial charge in [0, 0.05) is 31.7 Å². The van der Waals surface area contributed by atoms with Gasteiger partial charge in [-0.1, -0.05) is 12.1 Å². The van der Waals surface area contributed by atoms with E-state index in [9.17, 15) is 17.6 Å². The van der Waals surface area contributed by atoms with Crippen LogP contribution in [0.2, 0.25) is 0 Å². The summed E-state index contributed by atoms with van der Waals surface area (Å²) in [6.45, 7) is 4.73. The first-order valence-electron chi connectivity index (χ1n) is 8.41. The number of benzene rings is 2. The fourth-order valence-electron chi connectivity index (χ4n) is 3.03. The third kappa shape index (κ3) is 3.64. The first-order chi connectivity index (χ1) is 12.3. The van der Waals surface area contributed by atoms with Crippen molar-refractivity contribution in [1.29, 1.82) is 0 Å². The quantitative estimate of drug-likeness (QED) is 0.827. The number of carbonyl (C=O) groups excluding carboxylic acids is 1. The maximum atomic E-state index is 13.0. The molecule has 5 nitrogen and oxygen atoms in total. The molecule has 2 aromatic carbocycles. The van der Waals surface area contributed by atoms with E-state index >= 15 is 0 Å². The number of piperazine rings is 1. The molecule has 1 fully saturated rings. The smallest absolute Gasteiger partial charge is 0.253 e. The highest BCUT2D eigenvalue weighted by Gasteiger charge is 2.31. The molecule has 0 bridgehead atoms. The third-order valence-corrected chi connectivity index (χ3v) is 6.62. The van der Waals surface area contributed by atoms with Gasteiger partial charge in [-0.25, -0.2) is 12.8 Å². The van der Waals surface area contributed by atoms with Gasteiger partial charge < -0.3 is 4.90 Å². The van der Waals surface area contributed by atoms with Crippen LogP contribution in [0.5, 0.6) is 0 Å². The molecule has 1 amide bonds. The lowest BCUT2D eigenvalue weighted by atomic mass is 10.2. The van der Waals surface area contributed by atoms with E-state index in [1.807, 2.05) is 13.0 Å². The van der Waals surface area contributed by atoms with E-state index in [4.69, 9.17) is 0 Å². The Bertz CT molecular complexity index is 918. The van der Waals surface area contributed by atoms with Crippen molar-refractivity contribution in [3.8, 4) is 0 Å². The van der Waals surface area contributed by atoms with Crippen LogP contribution in [0.15, 0.2) is 47.4 Å². The summed E-state index contributed by atoms with van der Waals surface area (Å²) in [4.78, 5) is 14.4. The van der Waals surface area contributed by atoms with Gasteiger partial charge in [0.25, 0.3) is 5.91 Å². The molecule has 0 radical (unpaired) electrons. The van der Waals surface area contributed by atoms with Gasteiger partial charge in [-0.3, -0.25) is 4.79 Å². The molecule has 0 saturated carbocycles. The van der Waals surface area contributed by atoms with Crippen molar-refractivity contribution in [2.75, 3.05) is 26.2 Å². The standard InChI is InChI=1S/C19H21FN2O3S/c1-14-3-4-15(2)18(13-14)26(24,25)22-11-9-21(10-12-22)19(23)16-5-7-17(20)8-6-16/h3-8,13H,9-12H2,1-2H3. The van der Waals surface area contributed by atoms with Crippen LogP contribution < -0.4 is 0 Å². The van der Waals surface area contributed by atoms with Crippen molar-refractivity contribution in [3.63, 3.8) is 0 Å². The van der Waals surface area contributed by atoms with Crippen LogP contribution in [0, 0.1) is 19.7 Å². The second-order valence-corrected chi connectivity index (χ2v) is 8.38. The summed E-state index contributed by atoms with van der Waals surface area (Å²) < 4.78 is 40.3. The van der Waals surface area contributed by atoms with E-state index in [-0.39, 0.29) is 19.0 Å². The number of nitrogens with zero attached hydrogens (tertiary/aromatic N) is 2. The number of halogens is 1. The van der Waals surface area contributed by atoms with E-state index in [1.165, 1.54) is 28.6 Å². The maximum Gasteiger partial charge on any atom is 0.253 e. The minimum Gasteiger partial charge on any atom is -0.336 e. The molecule has 2 aromatic rings. The molecule has 0 atom stereocenters. The molecule has 1 heterocycles. The van der Waals surface area contributed by atoms with Gasteiger partial charge in [0.05, 0.1) is 4.90 Å². The highest BCUT2D eigenvalue weighted by Crippen LogP contribution is 2.23. The van der Waals surface area contributed by atoms with Crippen LogP contribution in [0.25, 0.3) is 0 Å². The molecule has 138 valence electrons. The molecule has 7 heteroatoms. The summed E-state index contributed by atoms with van der Waals surface area (Å²) in [6.07, 6.45) is 0. The molecular weight excluding hydrogens is 355 g/mol. The van der Waals surface area contributed by atoms with Crippen LogP contribution in [0.4, 0.5) is 4.39 Å². The molecule has 1 aliphatic rings. The molecular formula is C19H21FN2O3S. The summed E-state index contributed by atoms with van der Waals surface area (Å²) in [5, 5.41) is 0. The minimum absolute atomic E-state index is 0.214. The lowest BCUT2D eigenvalue weighted by Crippen LogP contribution is -2.50. The Morgan fingerprint density at radius 2 is 1.58 bits per heavy atom. The van der Waals surface area contributed by atoms with Gasteiger partial charge in [-0.05, 0) is 55.3 Å². The molecule has 0 aliphatic carbocycles. The average Bonchev–Trinajstić information content (AvgIpc) is 2.64.